The second-order valence-corrected chi connectivity index (χ2v) is 5.74. The number of aryl methyl sites for hydroxylation is 1. The van der Waals surface area contributed by atoms with Gasteiger partial charge in [-0.05, 0) is 19.4 Å². The third-order valence-corrected chi connectivity index (χ3v) is 3.99. The molecule has 2 unspecified atom stereocenters. The molecular weight excluding hydrogens is 276 g/mol. The summed E-state index contributed by atoms with van der Waals surface area (Å²) < 4.78 is 7.77. The van der Waals surface area contributed by atoms with Crippen LogP contribution in [0.5, 0.6) is 0 Å². The van der Waals surface area contributed by atoms with Crippen LogP contribution >= 0.6 is 11.6 Å². The summed E-state index contributed by atoms with van der Waals surface area (Å²) in [4.78, 5) is 2.41. The van der Waals surface area contributed by atoms with E-state index in [9.17, 15) is 0 Å². The molecule has 0 aromatic carbocycles. The van der Waals surface area contributed by atoms with Crippen LogP contribution in [0.3, 0.4) is 0 Å². The molecule has 2 rings (SSSR count). The lowest BCUT2D eigenvalue weighted by molar-refractivity contribution is -0.0419. The number of nitrogens with zero attached hydrogens (tertiary/aromatic N) is 3. The number of hydrogen-bond donors (Lipinski definition) is 1. The van der Waals surface area contributed by atoms with E-state index in [1.807, 2.05) is 4.68 Å². The van der Waals surface area contributed by atoms with Gasteiger partial charge < -0.3 is 10.5 Å². The van der Waals surface area contributed by atoms with Gasteiger partial charge in [-0.1, -0.05) is 25.4 Å². The van der Waals surface area contributed by atoms with Crippen LogP contribution in [0.15, 0.2) is 6.20 Å². The summed E-state index contributed by atoms with van der Waals surface area (Å²) in [5, 5.41) is 4.95. The third-order valence-electron chi connectivity index (χ3n) is 3.70. The van der Waals surface area contributed by atoms with Crippen molar-refractivity contribution in [3.63, 3.8) is 0 Å². The fourth-order valence-electron chi connectivity index (χ4n) is 2.74. The molecule has 1 aromatic heterocycles. The number of aromatic nitrogens is 2. The standard InChI is InChI=1S/C14H25ClN4O/c1-3-5-18-7-8-20-12(10-18)13(16)14-11(15)9-17-19(14)6-4-2/h9,12-13H,3-8,10,16H2,1-2H3. The number of rotatable bonds is 6. The quantitative estimate of drug-likeness (QED) is 0.874. The molecule has 20 heavy (non-hydrogen) atoms. The van der Waals surface area contributed by atoms with Crippen molar-refractivity contribution in [1.82, 2.24) is 14.7 Å². The van der Waals surface area contributed by atoms with Crippen molar-refractivity contribution < 1.29 is 4.74 Å². The van der Waals surface area contributed by atoms with Gasteiger partial charge in [-0.25, -0.2) is 0 Å². The molecular formula is C14H25ClN4O. The Balaban J connectivity index is 2.10. The Kier molecular flexibility index (Phi) is 5.84. The van der Waals surface area contributed by atoms with Crippen molar-refractivity contribution in [3.8, 4) is 0 Å². The average molecular weight is 301 g/mol. The Morgan fingerprint density at radius 2 is 2.20 bits per heavy atom. The highest BCUT2D eigenvalue weighted by Gasteiger charge is 2.30. The van der Waals surface area contributed by atoms with Crippen LogP contribution in [-0.4, -0.2) is 47.0 Å². The molecule has 1 aliphatic rings. The van der Waals surface area contributed by atoms with E-state index < -0.39 is 0 Å². The normalized spacial score (nSPS) is 22.1. The SMILES string of the molecule is CCCN1CCOC(C(N)c2c(Cl)cnn2CCC)C1. The minimum Gasteiger partial charge on any atom is -0.374 e. The monoisotopic (exact) mass is 300 g/mol. The molecule has 0 spiro atoms. The Bertz CT molecular complexity index is 421. The van der Waals surface area contributed by atoms with Gasteiger partial charge in [-0.2, -0.15) is 5.10 Å². The minimum absolute atomic E-state index is 0.0138. The molecule has 2 heterocycles. The first-order valence-corrected chi connectivity index (χ1v) is 7.85. The second kappa shape index (κ2) is 7.41. The minimum atomic E-state index is -0.226. The zero-order valence-electron chi connectivity index (χ0n) is 12.4. The highest BCUT2D eigenvalue weighted by molar-refractivity contribution is 6.31. The highest BCUT2D eigenvalue weighted by atomic mass is 35.5. The van der Waals surface area contributed by atoms with Crippen LogP contribution in [0.2, 0.25) is 5.02 Å². The average Bonchev–Trinajstić information content (AvgIpc) is 2.80. The second-order valence-electron chi connectivity index (χ2n) is 5.34. The zero-order chi connectivity index (χ0) is 14.5. The van der Waals surface area contributed by atoms with Gasteiger partial charge in [0.25, 0.3) is 0 Å². The summed E-state index contributed by atoms with van der Waals surface area (Å²) in [6.45, 7) is 8.82. The van der Waals surface area contributed by atoms with Gasteiger partial charge in [0.05, 0.1) is 35.7 Å². The summed E-state index contributed by atoms with van der Waals surface area (Å²) in [5.74, 6) is 0. The maximum Gasteiger partial charge on any atom is 0.0910 e. The molecule has 0 saturated carbocycles. The van der Waals surface area contributed by atoms with E-state index in [1.165, 1.54) is 0 Å². The van der Waals surface area contributed by atoms with Gasteiger partial charge >= 0.3 is 0 Å². The number of hydrogen-bond acceptors (Lipinski definition) is 4. The molecule has 1 fully saturated rings. The number of halogens is 1. The van der Waals surface area contributed by atoms with Gasteiger partial charge in [0.1, 0.15) is 0 Å². The molecule has 2 N–H and O–H groups in total. The van der Waals surface area contributed by atoms with Crippen molar-refractivity contribution >= 4 is 11.6 Å². The lowest BCUT2D eigenvalue weighted by Crippen LogP contribution is -2.47. The van der Waals surface area contributed by atoms with Crippen molar-refractivity contribution in [2.75, 3.05) is 26.2 Å². The Morgan fingerprint density at radius 1 is 1.45 bits per heavy atom. The molecule has 0 aliphatic carbocycles. The Morgan fingerprint density at radius 3 is 2.90 bits per heavy atom. The molecule has 0 radical (unpaired) electrons. The van der Waals surface area contributed by atoms with Crippen LogP contribution in [-0.2, 0) is 11.3 Å². The van der Waals surface area contributed by atoms with Gasteiger partial charge in [0.15, 0.2) is 0 Å². The van der Waals surface area contributed by atoms with E-state index in [0.29, 0.717) is 5.02 Å². The summed E-state index contributed by atoms with van der Waals surface area (Å²) >= 11 is 6.26. The number of nitrogens with two attached hydrogens (primary N) is 1. The smallest absolute Gasteiger partial charge is 0.0910 e. The van der Waals surface area contributed by atoms with Gasteiger partial charge in [-0.3, -0.25) is 9.58 Å². The van der Waals surface area contributed by atoms with E-state index in [2.05, 4.69) is 23.8 Å². The predicted octanol–water partition coefficient (Wildman–Crippen LogP) is 2.06. The summed E-state index contributed by atoms with van der Waals surface area (Å²) in [7, 11) is 0. The van der Waals surface area contributed by atoms with Crippen molar-refractivity contribution in [1.29, 1.82) is 0 Å². The van der Waals surface area contributed by atoms with Crippen LogP contribution in [0.1, 0.15) is 38.4 Å². The van der Waals surface area contributed by atoms with Gasteiger partial charge in [0.2, 0.25) is 0 Å². The largest absolute Gasteiger partial charge is 0.374 e. The lowest BCUT2D eigenvalue weighted by Gasteiger charge is -2.35. The first kappa shape index (κ1) is 15.8. The molecule has 0 bridgehead atoms. The first-order valence-electron chi connectivity index (χ1n) is 7.48. The predicted molar refractivity (Wildman–Crippen MR) is 80.9 cm³/mol. The molecule has 1 aliphatic heterocycles. The van der Waals surface area contributed by atoms with Gasteiger partial charge in [0, 0.05) is 19.6 Å². The molecule has 2 atom stereocenters. The highest BCUT2D eigenvalue weighted by Crippen LogP contribution is 2.26. The number of ether oxygens (including phenoxy) is 1. The van der Waals surface area contributed by atoms with E-state index in [-0.39, 0.29) is 12.1 Å². The van der Waals surface area contributed by atoms with Crippen molar-refractivity contribution in [3.05, 3.63) is 16.9 Å². The topological polar surface area (TPSA) is 56.3 Å². The maximum atomic E-state index is 6.41. The van der Waals surface area contributed by atoms with Crippen LogP contribution < -0.4 is 5.73 Å². The van der Waals surface area contributed by atoms with Crippen LogP contribution in [0.4, 0.5) is 0 Å². The van der Waals surface area contributed by atoms with Crippen molar-refractivity contribution in [2.45, 2.75) is 45.4 Å². The molecule has 0 amide bonds. The lowest BCUT2D eigenvalue weighted by atomic mass is 10.1. The Hall–Kier alpha value is -0.620. The molecule has 5 nitrogen and oxygen atoms in total. The van der Waals surface area contributed by atoms with Gasteiger partial charge in [-0.15, -0.1) is 0 Å². The molecule has 6 heteroatoms. The number of morpholine rings is 1. The molecule has 1 aromatic rings. The van der Waals surface area contributed by atoms with E-state index in [1.54, 1.807) is 6.20 Å². The van der Waals surface area contributed by atoms with Crippen LogP contribution in [0.25, 0.3) is 0 Å². The van der Waals surface area contributed by atoms with E-state index >= 15 is 0 Å². The zero-order valence-corrected chi connectivity index (χ0v) is 13.1. The molecule has 1 saturated heterocycles. The summed E-state index contributed by atoms with van der Waals surface area (Å²) in [5.41, 5.74) is 7.31. The Labute approximate surface area is 126 Å². The van der Waals surface area contributed by atoms with Crippen molar-refractivity contribution in [2.24, 2.45) is 5.73 Å². The van der Waals surface area contributed by atoms with E-state index in [0.717, 1.165) is 51.3 Å². The summed E-state index contributed by atoms with van der Waals surface area (Å²) in [6.07, 6.45) is 3.82. The van der Waals surface area contributed by atoms with Crippen LogP contribution in [0, 0.1) is 0 Å². The van der Waals surface area contributed by atoms with E-state index in [4.69, 9.17) is 22.1 Å². The fourth-order valence-corrected chi connectivity index (χ4v) is 3.00. The summed E-state index contributed by atoms with van der Waals surface area (Å²) in [6, 6.07) is -0.226. The third kappa shape index (κ3) is 3.52. The first-order chi connectivity index (χ1) is 9.67. The maximum absolute atomic E-state index is 6.41. The molecule has 114 valence electrons. The fraction of sp³-hybridized carbons (Fsp3) is 0.786.